The number of carboxylic acid groups (broad SMARTS) is 1. The monoisotopic (exact) mass is 299 g/mol. The summed E-state index contributed by atoms with van der Waals surface area (Å²) < 4.78 is 23.7. The number of hydrogen-bond donors (Lipinski definition) is 2. The Hall–Kier alpha value is -2.31. The SMILES string of the molecule is CCOc1cc(C(=O)O)c(NC(=O)OC(C)(C)C)cc1F. The zero-order valence-electron chi connectivity index (χ0n) is 12.3. The van der Waals surface area contributed by atoms with Gasteiger partial charge >= 0.3 is 12.1 Å². The van der Waals surface area contributed by atoms with E-state index in [0.29, 0.717) is 0 Å². The number of aromatic carboxylic acids is 1. The summed E-state index contributed by atoms with van der Waals surface area (Å²) in [4.78, 5) is 22.8. The maximum absolute atomic E-state index is 13.8. The Bertz CT molecular complexity index is 551. The van der Waals surface area contributed by atoms with E-state index in [2.05, 4.69) is 5.32 Å². The van der Waals surface area contributed by atoms with Gasteiger partial charge in [-0.05, 0) is 33.8 Å². The van der Waals surface area contributed by atoms with Gasteiger partial charge in [0.2, 0.25) is 0 Å². The van der Waals surface area contributed by atoms with Gasteiger partial charge in [-0.25, -0.2) is 14.0 Å². The molecule has 0 aromatic heterocycles. The molecule has 0 bridgehead atoms. The molecule has 0 saturated carbocycles. The van der Waals surface area contributed by atoms with Gasteiger partial charge in [0.1, 0.15) is 5.60 Å². The maximum atomic E-state index is 13.8. The van der Waals surface area contributed by atoms with Crippen molar-refractivity contribution in [3.63, 3.8) is 0 Å². The van der Waals surface area contributed by atoms with E-state index in [9.17, 15) is 14.0 Å². The number of anilines is 1. The standard InChI is InChI=1S/C14H18FNO5/c1-5-20-11-6-8(12(17)18)10(7-9(11)15)16-13(19)21-14(2,3)4/h6-7H,5H2,1-4H3,(H,16,19)(H,17,18). The molecule has 0 spiro atoms. The average Bonchev–Trinajstić information content (AvgIpc) is 2.29. The number of amides is 1. The number of carbonyl (C=O) groups excluding carboxylic acids is 1. The molecule has 1 amide bonds. The van der Waals surface area contributed by atoms with E-state index in [1.54, 1.807) is 27.7 Å². The van der Waals surface area contributed by atoms with Crippen molar-refractivity contribution >= 4 is 17.7 Å². The van der Waals surface area contributed by atoms with Gasteiger partial charge in [0.05, 0.1) is 17.9 Å². The van der Waals surface area contributed by atoms with Crippen LogP contribution >= 0.6 is 0 Å². The summed E-state index contributed by atoms with van der Waals surface area (Å²) in [5, 5.41) is 11.3. The van der Waals surface area contributed by atoms with E-state index < -0.39 is 23.5 Å². The lowest BCUT2D eigenvalue weighted by molar-refractivity contribution is 0.0636. The number of nitrogens with one attached hydrogen (secondary N) is 1. The third-order valence-electron chi connectivity index (χ3n) is 2.24. The summed E-state index contributed by atoms with van der Waals surface area (Å²) in [6, 6.07) is 1.91. The molecule has 0 unspecified atom stereocenters. The van der Waals surface area contributed by atoms with Crippen molar-refractivity contribution < 1.29 is 28.6 Å². The second-order valence-corrected chi connectivity index (χ2v) is 5.19. The fourth-order valence-electron chi connectivity index (χ4n) is 1.51. The lowest BCUT2D eigenvalue weighted by Crippen LogP contribution is -2.27. The molecule has 21 heavy (non-hydrogen) atoms. The Morgan fingerprint density at radius 1 is 1.33 bits per heavy atom. The average molecular weight is 299 g/mol. The van der Waals surface area contributed by atoms with E-state index in [1.807, 2.05) is 0 Å². The number of hydrogen-bond acceptors (Lipinski definition) is 4. The van der Waals surface area contributed by atoms with Crippen LogP contribution in [0.15, 0.2) is 12.1 Å². The van der Waals surface area contributed by atoms with Crippen LogP contribution in [0.3, 0.4) is 0 Å². The summed E-state index contributed by atoms with van der Waals surface area (Å²) in [6.45, 7) is 6.80. The molecule has 116 valence electrons. The Balaban J connectivity index is 3.08. The van der Waals surface area contributed by atoms with Crippen LogP contribution in [0.1, 0.15) is 38.1 Å². The van der Waals surface area contributed by atoms with Crippen molar-refractivity contribution in [3.05, 3.63) is 23.5 Å². The normalized spacial score (nSPS) is 10.9. The van der Waals surface area contributed by atoms with Crippen LogP contribution in [-0.2, 0) is 4.74 Å². The molecule has 2 N–H and O–H groups in total. The molecule has 1 aromatic rings. The van der Waals surface area contributed by atoms with Gasteiger partial charge in [0.15, 0.2) is 11.6 Å². The van der Waals surface area contributed by atoms with Crippen LogP contribution in [-0.4, -0.2) is 29.4 Å². The number of benzene rings is 1. The first-order valence-corrected chi connectivity index (χ1v) is 6.33. The minimum atomic E-state index is -1.32. The molecule has 0 radical (unpaired) electrons. The van der Waals surface area contributed by atoms with E-state index >= 15 is 0 Å². The first-order valence-electron chi connectivity index (χ1n) is 6.33. The Morgan fingerprint density at radius 2 is 1.95 bits per heavy atom. The van der Waals surface area contributed by atoms with Crippen LogP contribution in [0.2, 0.25) is 0 Å². The number of carbonyl (C=O) groups is 2. The van der Waals surface area contributed by atoms with Crippen LogP contribution in [0.25, 0.3) is 0 Å². The highest BCUT2D eigenvalue weighted by molar-refractivity contribution is 5.99. The van der Waals surface area contributed by atoms with Crippen molar-refractivity contribution in [2.75, 3.05) is 11.9 Å². The number of rotatable bonds is 4. The van der Waals surface area contributed by atoms with Crippen molar-refractivity contribution in [3.8, 4) is 5.75 Å². The maximum Gasteiger partial charge on any atom is 0.412 e. The molecule has 0 saturated heterocycles. The predicted octanol–water partition coefficient (Wildman–Crippen LogP) is 3.27. The summed E-state index contributed by atoms with van der Waals surface area (Å²) >= 11 is 0. The van der Waals surface area contributed by atoms with Crippen molar-refractivity contribution in [2.45, 2.75) is 33.3 Å². The number of ether oxygens (including phenoxy) is 2. The van der Waals surface area contributed by atoms with Crippen molar-refractivity contribution in [1.82, 2.24) is 0 Å². The lowest BCUT2D eigenvalue weighted by Gasteiger charge is -2.20. The van der Waals surface area contributed by atoms with Crippen molar-refractivity contribution in [1.29, 1.82) is 0 Å². The number of carboxylic acids is 1. The fraction of sp³-hybridized carbons (Fsp3) is 0.429. The first-order chi connectivity index (χ1) is 9.64. The largest absolute Gasteiger partial charge is 0.491 e. The molecule has 0 fully saturated rings. The molecule has 0 aliphatic heterocycles. The smallest absolute Gasteiger partial charge is 0.412 e. The second-order valence-electron chi connectivity index (χ2n) is 5.19. The van der Waals surface area contributed by atoms with E-state index in [4.69, 9.17) is 14.6 Å². The third-order valence-corrected chi connectivity index (χ3v) is 2.24. The summed E-state index contributed by atoms with van der Waals surface area (Å²) in [6.07, 6.45) is -0.867. The molecule has 0 aliphatic rings. The van der Waals surface area contributed by atoms with Crippen LogP contribution in [0.5, 0.6) is 5.75 Å². The molecular weight excluding hydrogens is 281 g/mol. The van der Waals surface area contributed by atoms with Gasteiger partial charge in [-0.1, -0.05) is 0 Å². The lowest BCUT2D eigenvalue weighted by atomic mass is 10.1. The van der Waals surface area contributed by atoms with Crippen LogP contribution < -0.4 is 10.1 Å². The van der Waals surface area contributed by atoms with Gasteiger partial charge in [0, 0.05) is 6.07 Å². The van der Waals surface area contributed by atoms with Gasteiger partial charge in [-0.3, -0.25) is 5.32 Å². The Morgan fingerprint density at radius 3 is 2.43 bits per heavy atom. The minimum Gasteiger partial charge on any atom is -0.491 e. The zero-order valence-corrected chi connectivity index (χ0v) is 12.3. The highest BCUT2D eigenvalue weighted by Gasteiger charge is 2.21. The molecule has 0 aliphatic carbocycles. The van der Waals surface area contributed by atoms with E-state index in [0.717, 1.165) is 12.1 Å². The molecule has 1 aromatic carbocycles. The molecule has 1 rings (SSSR count). The van der Waals surface area contributed by atoms with E-state index in [1.165, 1.54) is 0 Å². The highest BCUT2D eigenvalue weighted by Crippen LogP contribution is 2.27. The third kappa shape index (κ3) is 4.94. The van der Waals surface area contributed by atoms with Crippen LogP contribution in [0, 0.1) is 5.82 Å². The van der Waals surface area contributed by atoms with Crippen LogP contribution in [0.4, 0.5) is 14.9 Å². The molecule has 0 heterocycles. The Kier molecular flexibility index (Phi) is 5.12. The molecule has 6 nitrogen and oxygen atoms in total. The molecule has 7 heteroatoms. The summed E-state index contributed by atoms with van der Waals surface area (Å²) in [7, 11) is 0. The second kappa shape index (κ2) is 6.43. The Labute approximate surface area is 121 Å². The van der Waals surface area contributed by atoms with Crippen molar-refractivity contribution in [2.24, 2.45) is 0 Å². The van der Waals surface area contributed by atoms with Gasteiger partial charge in [-0.15, -0.1) is 0 Å². The van der Waals surface area contributed by atoms with Gasteiger partial charge in [-0.2, -0.15) is 0 Å². The first kappa shape index (κ1) is 16.7. The minimum absolute atomic E-state index is 0.189. The summed E-state index contributed by atoms with van der Waals surface area (Å²) in [5.41, 5.74) is -1.24. The predicted molar refractivity (Wildman–Crippen MR) is 74.4 cm³/mol. The van der Waals surface area contributed by atoms with E-state index in [-0.39, 0.29) is 23.6 Å². The molecule has 0 atom stereocenters. The topological polar surface area (TPSA) is 84.9 Å². The quantitative estimate of drug-likeness (QED) is 0.891. The highest BCUT2D eigenvalue weighted by atomic mass is 19.1. The zero-order chi connectivity index (χ0) is 16.2. The fourth-order valence-corrected chi connectivity index (χ4v) is 1.51. The number of halogens is 1. The van der Waals surface area contributed by atoms with Gasteiger partial charge < -0.3 is 14.6 Å². The molecular formula is C14H18FNO5. The summed E-state index contributed by atoms with van der Waals surface area (Å²) in [5.74, 6) is -2.28. The van der Waals surface area contributed by atoms with Gasteiger partial charge in [0.25, 0.3) is 0 Å².